The van der Waals surface area contributed by atoms with Crippen LogP contribution in [0.3, 0.4) is 0 Å². The van der Waals surface area contributed by atoms with Gasteiger partial charge in [0.05, 0.1) is 0 Å². The Labute approximate surface area is 87.7 Å². The minimum Gasteiger partial charge on any atom is -0.398 e. The molecule has 1 aromatic carbocycles. The van der Waals surface area contributed by atoms with Crippen molar-refractivity contribution < 1.29 is 0 Å². The van der Waals surface area contributed by atoms with E-state index in [0.29, 0.717) is 0 Å². The van der Waals surface area contributed by atoms with E-state index in [4.69, 9.17) is 5.73 Å². The summed E-state index contributed by atoms with van der Waals surface area (Å²) in [6.45, 7) is 2.06. The Bertz CT molecular complexity index is 208. The molecule has 0 heterocycles. The van der Waals surface area contributed by atoms with Gasteiger partial charge in [0, 0.05) is 12.8 Å². The van der Waals surface area contributed by atoms with Crippen LogP contribution in [0.15, 0.2) is 12.1 Å². The molecule has 0 aliphatic rings. The molecule has 0 saturated carbocycles. The quantitative estimate of drug-likeness (QED) is 0.560. The van der Waals surface area contributed by atoms with Gasteiger partial charge in [-0.3, -0.25) is 0 Å². The van der Waals surface area contributed by atoms with Crippen LogP contribution in [0.1, 0.15) is 5.56 Å². The fourth-order valence-electron chi connectivity index (χ4n) is 0.680. The molecule has 54 valence electrons. The summed E-state index contributed by atoms with van der Waals surface area (Å²) in [6, 6.07) is 4.09. The first-order valence-electron chi connectivity index (χ1n) is 2.82. The molecule has 0 aliphatic carbocycles. The second kappa shape index (κ2) is 3.25. The van der Waals surface area contributed by atoms with Gasteiger partial charge in [-0.2, -0.15) is 0 Å². The van der Waals surface area contributed by atoms with Gasteiger partial charge >= 0.3 is 0 Å². The Morgan fingerprint density at radius 3 is 2.30 bits per heavy atom. The van der Waals surface area contributed by atoms with Gasteiger partial charge in [0.2, 0.25) is 0 Å². The van der Waals surface area contributed by atoms with E-state index in [1.165, 1.54) is 9.13 Å². The molecule has 0 amide bonds. The molecule has 0 unspecified atom stereocenters. The predicted octanol–water partition coefficient (Wildman–Crippen LogP) is 2.79. The summed E-state index contributed by atoms with van der Waals surface area (Å²) >= 11 is 4.54. The topological polar surface area (TPSA) is 26.0 Å². The van der Waals surface area contributed by atoms with Crippen molar-refractivity contribution in [1.82, 2.24) is 0 Å². The van der Waals surface area contributed by atoms with Gasteiger partial charge in [-0.1, -0.05) is 0 Å². The zero-order valence-electron chi connectivity index (χ0n) is 5.49. The van der Waals surface area contributed by atoms with Crippen molar-refractivity contribution in [2.75, 3.05) is 5.73 Å². The molecular weight excluding hydrogens is 352 g/mol. The lowest BCUT2D eigenvalue weighted by Gasteiger charge is -2.01. The maximum absolute atomic E-state index is 5.68. The van der Waals surface area contributed by atoms with Crippen molar-refractivity contribution in [2.24, 2.45) is 0 Å². The van der Waals surface area contributed by atoms with Crippen LogP contribution in [-0.2, 0) is 0 Å². The van der Waals surface area contributed by atoms with Crippen LogP contribution in [0.2, 0.25) is 0 Å². The summed E-state index contributed by atoms with van der Waals surface area (Å²) in [5.74, 6) is 0. The molecule has 1 rings (SSSR count). The smallest absolute Gasteiger partial charge is 0.0453 e. The molecule has 1 aromatic rings. The van der Waals surface area contributed by atoms with Crippen molar-refractivity contribution in [2.45, 2.75) is 6.92 Å². The molecular formula is C7H7I2N. The molecule has 0 saturated heterocycles. The summed E-state index contributed by atoms with van der Waals surface area (Å²) < 4.78 is 2.41. The Morgan fingerprint density at radius 2 is 1.80 bits per heavy atom. The third kappa shape index (κ3) is 1.75. The first-order valence-corrected chi connectivity index (χ1v) is 4.98. The molecule has 0 aliphatic heterocycles. The predicted molar refractivity (Wildman–Crippen MR) is 61.0 cm³/mol. The molecule has 3 heteroatoms. The molecule has 0 radical (unpaired) electrons. The van der Waals surface area contributed by atoms with Crippen molar-refractivity contribution in [3.8, 4) is 0 Å². The number of aryl methyl sites for hydroxylation is 1. The molecule has 0 bridgehead atoms. The van der Waals surface area contributed by atoms with Crippen LogP contribution >= 0.6 is 45.2 Å². The highest BCUT2D eigenvalue weighted by Crippen LogP contribution is 2.21. The second-order valence-corrected chi connectivity index (χ2v) is 4.45. The number of nitrogen functional groups attached to an aromatic ring is 1. The Hall–Kier alpha value is 0.480. The summed E-state index contributed by atoms with van der Waals surface area (Å²) in [7, 11) is 0. The van der Waals surface area contributed by atoms with Gasteiger partial charge in [-0.15, -0.1) is 0 Å². The monoisotopic (exact) mass is 359 g/mol. The summed E-state index contributed by atoms with van der Waals surface area (Å²) in [6.07, 6.45) is 0. The number of halogens is 2. The van der Waals surface area contributed by atoms with Gasteiger partial charge < -0.3 is 5.73 Å². The summed E-state index contributed by atoms with van der Waals surface area (Å²) in [5.41, 5.74) is 7.80. The number of anilines is 1. The van der Waals surface area contributed by atoms with Crippen molar-refractivity contribution in [3.05, 3.63) is 24.8 Å². The fourth-order valence-corrected chi connectivity index (χ4v) is 2.21. The Morgan fingerprint density at radius 1 is 1.20 bits per heavy atom. The molecule has 0 spiro atoms. The fraction of sp³-hybridized carbons (Fsp3) is 0.143. The third-order valence-corrected chi connectivity index (χ3v) is 3.37. The van der Waals surface area contributed by atoms with E-state index >= 15 is 0 Å². The average Bonchev–Trinajstić information content (AvgIpc) is 1.84. The lowest BCUT2D eigenvalue weighted by Crippen LogP contribution is -1.91. The van der Waals surface area contributed by atoms with E-state index in [-0.39, 0.29) is 0 Å². The van der Waals surface area contributed by atoms with Crippen molar-refractivity contribution in [3.63, 3.8) is 0 Å². The molecule has 0 fully saturated rings. The van der Waals surface area contributed by atoms with Crippen LogP contribution < -0.4 is 5.73 Å². The van der Waals surface area contributed by atoms with Gasteiger partial charge in [0.25, 0.3) is 0 Å². The zero-order chi connectivity index (χ0) is 7.72. The highest BCUT2D eigenvalue weighted by atomic mass is 127. The van der Waals surface area contributed by atoms with Gasteiger partial charge in [0.15, 0.2) is 0 Å². The van der Waals surface area contributed by atoms with Crippen LogP contribution in [0, 0.1) is 14.1 Å². The largest absolute Gasteiger partial charge is 0.398 e. The van der Waals surface area contributed by atoms with E-state index in [0.717, 1.165) is 9.26 Å². The number of rotatable bonds is 0. The highest BCUT2D eigenvalue weighted by molar-refractivity contribution is 14.1. The van der Waals surface area contributed by atoms with Gasteiger partial charge in [-0.05, 0) is 69.8 Å². The van der Waals surface area contributed by atoms with Crippen molar-refractivity contribution in [1.29, 1.82) is 0 Å². The minimum atomic E-state index is 0.874. The van der Waals surface area contributed by atoms with E-state index in [2.05, 4.69) is 58.2 Å². The maximum atomic E-state index is 5.68. The van der Waals surface area contributed by atoms with Crippen LogP contribution in [-0.4, -0.2) is 0 Å². The lowest BCUT2D eigenvalue weighted by molar-refractivity contribution is 1.41. The highest BCUT2D eigenvalue weighted by Gasteiger charge is 1.98. The van der Waals surface area contributed by atoms with Crippen molar-refractivity contribution >= 4 is 50.9 Å². The summed E-state index contributed by atoms with van der Waals surface area (Å²) in [5, 5.41) is 0. The lowest BCUT2D eigenvalue weighted by atomic mass is 10.2. The van der Waals surface area contributed by atoms with Crippen LogP contribution in [0.5, 0.6) is 0 Å². The van der Waals surface area contributed by atoms with Gasteiger partial charge in [-0.25, -0.2) is 0 Å². The maximum Gasteiger partial charge on any atom is 0.0453 e. The number of hydrogen-bond donors (Lipinski definition) is 1. The van der Waals surface area contributed by atoms with Gasteiger partial charge in [0.1, 0.15) is 0 Å². The van der Waals surface area contributed by atoms with E-state index in [1.807, 2.05) is 6.07 Å². The number of benzene rings is 1. The first-order chi connectivity index (χ1) is 4.61. The van der Waals surface area contributed by atoms with E-state index in [9.17, 15) is 0 Å². The Balaban J connectivity index is 3.28. The SMILES string of the molecule is Cc1cc(N)c(I)cc1I. The minimum absolute atomic E-state index is 0.874. The normalized spacial score (nSPS) is 9.90. The molecule has 10 heavy (non-hydrogen) atoms. The number of hydrogen-bond acceptors (Lipinski definition) is 1. The second-order valence-electron chi connectivity index (χ2n) is 2.12. The number of nitrogens with two attached hydrogens (primary N) is 1. The van der Waals surface area contributed by atoms with E-state index < -0.39 is 0 Å². The summed E-state index contributed by atoms with van der Waals surface area (Å²) in [4.78, 5) is 0. The molecule has 1 nitrogen and oxygen atoms in total. The third-order valence-electron chi connectivity index (χ3n) is 1.28. The Kier molecular flexibility index (Phi) is 2.79. The molecule has 2 N–H and O–H groups in total. The zero-order valence-corrected chi connectivity index (χ0v) is 9.80. The molecule has 0 atom stereocenters. The average molecular weight is 359 g/mol. The first kappa shape index (κ1) is 8.58. The van der Waals surface area contributed by atoms with Crippen LogP contribution in [0.4, 0.5) is 5.69 Å². The van der Waals surface area contributed by atoms with E-state index in [1.54, 1.807) is 0 Å². The van der Waals surface area contributed by atoms with Crippen LogP contribution in [0.25, 0.3) is 0 Å². The molecule has 0 aromatic heterocycles. The standard InChI is InChI=1S/C7H7I2N/c1-4-2-7(10)6(9)3-5(4)8/h2-3H,10H2,1H3.